The lowest BCUT2D eigenvalue weighted by atomic mass is 9.90. The van der Waals surface area contributed by atoms with Crippen molar-refractivity contribution in [3.8, 4) is 0 Å². The Morgan fingerprint density at radius 3 is 2.09 bits per heavy atom. The lowest BCUT2D eigenvalue weighted by molar-refractivity contribution is -0.148. The average molecular weight is 478 g/mol. The fourth-order valence-corrected chi connectivity index (χ4v) is 5.74. The van der Waals surface area contributed by atoms with Crippen LogP contribution in [0.5, 0.6) is 0 Å². The summed E-state index contributed by atoms with van der Waals surface area (Å²) >= 11 is 1.72. The molecule has 176 valence electrons. The first-order valence-corrected chi connectivity index (χ1v) is 12.6. The summed E-state index contributed by atoms with van der Waals surface area (Å²) in [6.45, 7) is 0.424. The number of amides is 1. The molecule has 3 aromatic rings. The van der Waals surface area contributed by atoms with Gasteiger partial charge in [0.2, 0.25) is 5.91 Å². The first-order chi connectivity index (χ1) is 16.5. The lowest BCUT2D eigenvalue weighted by Crippen LogP contribution is -2.43. The summed E-state index contributed by atoms with van der Waals surface area (Å²) in [6.07, 6.45) is 2.20. The number of thioether (sulfide) groups is 1. The highest BCUT2D eigenvalue weighted by atomic mass is 32.2. The van der Waals surface area contributed by atoms with E-state index < -0.39 is 17.9 Å². The topological polar surface area (TPSA) is 57.6 Å². The molecule has 3 aromatic carbocycles. The Labute approximate surface area is 203 Å². The van der Waals surface area contributed by atoms with Gasteiger partial charge in [-0.2, -0.15) is 11.8 Å². The standard InChI is InChI=1S/C28H28FNO3S/c29-23-15-13-20(14-16-23)8-7-17-34-24-18-25(28(32)33)30(19-24)27(31)26(21-9-3-1-4-10-21)22-11-5-2-6-12-22/h1-6,9-16,24-26H,7-8,17-19H2,(H,32,33)/t24-,25-/m0/s1. The molecule has 0 aliphatic carbocycles. The van der Waals surface area contributed by atoms with Crippen LogP contribution in [0.1, 0.15) is 35.4 Å². The van der Waals surface area contributed by atoms with Crippen molar-refractivity contribution in [1.29, 1.82) is 0 Å². The molecule has 1 saturated heterocycles. The quantitative estimate of drug-likeness (QED) is 0.421. The first-order valence-electron chi connectivity index (χ1n) is 11.5. The number of aryl methyl sites for hydroxylation is 1. The second-order valence-corrected chi connectivity index (χ2v) is 9.97. The first kappa shape index (κ1) is 24.0. The van der Waals surface area contributed by atoms with E-state index in [-0.39, 0.29) is 17.0 Å². The minimum absolute atomic E-state index is 0.0745. The van der Waals surface area contributed by atoms with E-state index in [1.165, 1.54) is 12.1 Å². The molecule has 34 heavy (non-hydrogen) atoms. The number of carbonyl (C=O) groups excluding carboxylic acids is 1. The van der Waals surface area contributed by atoms with Crippen molar-refractivity contribution in [3.05, 3.63) is 107 Å². The fraction of sp³-hybridized carbons (Fsp3) is 0.286. The Bertz CT molecular complexity index is 1050. The van der Waals surface area contributed by atoms with Gasteiger partial charge in [0.15, 0.2) is 0 Å². The third-order valence-electron chi connectivity index (χ3n) is 6.22. The number of carbonyl (C=O) groups is 2. The summed E-state index contributed by atoms with van der Waals surface area (Å²) in [5.74, 6) is -1.04. The van der Waals surface area contributed by atoms with Gasteiger partial charge >= 0.3 is 5.97 Å². The highest BCUT2D eigenvalue weighted by Crippen LogP contribution is 2.34. The van der Waals surface area contributed by atoms with Crippen LogP contribution < -0.4 is 0 Å². The summed E-state index contributed by atoms with van der Waals surface area (Å²) in [4.78, 5) is 27.4. The van der Waals surface area contributed by atoms with Crippen LogP contribution in [0.3, 0.4) is 0 Å². The molecule has 0 aromatic heterocycles. The van der Waals surface area contributed by atoms with E-state index >= 15 is 0 Å². The maximum atomic E-state index is 13.8. The van der Waals surface area contributed by atoms with Crippen molar-refractivity contribution in [2.75, 3.05) is 12.3 Å². The van der Waals surface area contributed by atoms with Crippen LogP contribution in [0, 0.1) is 5.82 Å². The van der Waals surface area contributed by atoms with Crippen LogP contribution in [-0.2, 0) is 16.0 Å². The second-order valence-electron chi connectivity index (χ2n) is 8.56. The molecule has 1 heterocycles. The maximum absolute atomic E-state index is 13.8. The van der Waals surface area contributed by atoms with Gasteiger partial charge in [0.1, 0.15) is 11.9 Å². The molecule has 0 radical (unpaired) electrons. The highest BCUT2D eigenvalue weighted by Gasteiger charge is 2.42. The van der Waals surface area contributed by atoms with E-state index in [0.29, 0.717) is 13.0 Å². The molecule has 1 amide bonds. The van der Waals surface area contributed by atoms with Crippen LogP contribution in [0.2, 0.25) is 0 Å². The normalized spacial score (nSPS) is 17.8. The van der Waals surface area contributed by atoms with E-state index in [1.54, 1.807) is 28.8 Å². The third-order valence-corrected chi connectivity index (χ3v) is 7.56. The molecule has 0 saturated carbocycles. The molecular formula is C28H28FNO3S. The number of aliphatic carboxylic acids is 1. The van der Waals surface area contributed by atoms with E-state index in [0.717, 1.165) is 35.3 Å². The van der Waals surface area contributed by atoms with Gasteiger partial charge in [-0.05, 0) is 53.8 Å². The van der Waals surface area contributed by atoms with E-state index in [4.69, 9.17) is 0 Å². The Kier molecular flexibility index (Phi) is 8.01. The zero-order chi connectivity index (χ0) is 23.9. The second kappa shape index (κ2) is 11.3. The van der Waals surface area contributed by atoms with Gasteiger partial charge in [-0.3, -0.25) is 4.79 Å². The molecule has 4 nitrogen and oxygen atoms in total. The number of carboxylic acid groups (broad SMARTS) is 1. The number of hydrogen-bond donors (Lipinski definition) is 1. The van der Waals surface area contributed by atoms with Crippen LogP contribution in [0.4, 0.5) is 4.39 Å². The largest absolute Gasteiger partial charge is 0.480 e. The van der Waals surface area contributed by atoms with Gasteiger partial charge in [0, 0.05) is 11.8 Å². The molecule has 0 spiro atoms. The molecule has 0 bridgehead atoms. The molecule has 1 fully saturated rings. The molecule has 2 atom stereocenters. The maximum Gasteiger partial charge on any atom is 0.326 e. The molecule has 1 aliphatic rings. The molecular weight excluding hydrogens is 449 g/mol. The van der Waals surface area contributed by atoms with Gasteiger partial charge < -0.3 is 10.0 Å². The molecule has 0 unspecified atom stereocenters. The van der Waals surface area contributed by atoms with E-state index in [1.807, 2.05) is 60.7 Å². The minimum Gasteiger partial charge on any atom is -0.480 e. The van der Waals surface area contributed by atoms with Crippen molar-refractivity contribution in [3.63, 3.8) is 0 Å². The highest BCUT2D eigenvalue weighted by molar-refractivity contribution is 7.99. The molecule has 1 N–H and O–H groups in total. The van der Waals surface area contributed by atoms with Crippen molar-refractivity contribution < 1.29 is 19.1 Å². The van der Waals surface area contributed by atoms with Crippen molar-refractivity contribution in [2.45, 2.75) is 36.5 Å². The summed E-state index contributed by atoms with van der Waals surface area (Å²) in [6, 6.07) is 24.8. The van der Waals surface area contributed by atoms with Gasteiger partial charge in [-0.1, -0.05) is 72.8 Å². The Balaban J connectivity index is 1.44. The monoisotopic (exact) mass is 477 g/mol. The van der Waals surface area contributed by atoms with Crippen LogP contribution in [-0.4, -0.2) is 45.5 Å². The Morgan fingerprint density at radius 1 is 0.941 bits per heavy atom. The number of rotatable bonds is 9. The number of likely N-dealkylation sites (tertiary alicyclic amines) is 1. The van der Waals surface area contributed by atoms with Crippen LogP contribution in [0.25, 0.3) is 0 Å². The smallest absolute Gasteiger partial charge is 0.326 e. The number of nitrogens with zero attached hydrogens (tertiary/aromatic N) is 1. The molecule has 4 rings (SSSR count). The van der Waals surface area contributed by atoms with Gasteiger partial charge in [0.05, 0.1) is 5.92 Å². The molecule has 1 aliphatic heterocycles. The van der Waals surface area contributed by atoms with Gasteiger partial charge in [-0.15, -0.1) is 0 Å². The lowest BCUT2D eigenvalue weighted by Gasteiger charge is -2.27. The summed E-state index contributed by atoms with van der Waals surface area (Å²) in [7, 11) is 0. The SMILES string of the molecule is O=C(O)[C@@H]1C[C@H](SCCCc2ccc(F)cc2)CN1C(=O)C(c1ccccc1)c1ccccc1. The van der Waals surface area contributed by atoms with E-state index in [2.05, 4.69) is 0 Å². The van der Waals surface area contributed by atoms with Gasteiger partial charge in [-0.25, -0.2) is 9.18 Å². The number of hydrogen-bond acceptors (Lipinski definition) is 3. The van der Waals surface area contributed by atoms with Crippen molar-refractivity contribution in [1.82, 2.24) is 4.90 Å². The number of benzene rings is 3. The van der Waals surface area contributed by atoms with Crippen molar-refractivity contribution in [2.24, 2.45) is 0 Å². The number of halogens is 1. The van der Waals surface area contributed by atoms with Crippen LogP contribution in [0.15, 0.2) is 84.9 Å². The van der Waals surface area contributed by atoms with E-state index in [9.17, 15) is 19.1 Å². The Hall–Kier alpha value is -3.12. The predicted molar refractivity (Wildman–Crippen MR) is 133 cm³/mol. The summed E-state index contributed by atoms with van der Waals surface area (Å²) < 4.78 is 13.1. The summed E-state index contributed by atoms with van der Waals surface area (Å²) in [5.41, 5.74) is 2.80. The zero-order valence-corrected chi connectivity index (χ0v) is 19.7. The Morgan fingerprint density at radius 2 is 1.53 bits per heavy atom. The summed E-state index contributed by atoms with van der Waals surface area (Å²) in [5, 5.41) is 9.96. The van der Waals surface area contributed by atoms with Crippen molar-refractivity contribution >= 4 is 23.6 Å². The fourth-order valence-electron chi connectivity index (χ4n) is 4.51. The van der Waals surface area contributed by atoms with Gasteiger partial charge in [0.25, 0.3) is 0 Å². The third kappa shape index (κ3) is 5.86. The average Bonchev–Trinajstić information content (AvgIpc) is 3.29. The van der Waals surface area contributed by atoms with Crippen LogP contribution >= 0.6 is 11.8 Å². The predicted octanol–water partition coefficient (Wildman–Crippen LogP) is 5.38. The molecule has 6 heteroatoms. The minimum atomic E-state index is -0.956. The number of carboxylic acids is 1. The zero-order valence-electron chi connectivity index (χ0n) is 18.8.